The van der Waals surface area contributed by atoms with E-state index in [0.717, 1.165) is 38.4 Å². The van der Waals surface area contributed by atoms with Crippen molar-refractivity contribution in [1.82, 2.24) is 15.5 Å². The minimum atomic E-state index is -0.217. The molecule has 29 heavy (non-hydrogen) atoms. The largest absolute Gasteiger partial charge is 0.379 e. The molecule has 1 heterocycles. The van der Waals surface area contributed by atoms with Crippen LogP contribution < -0.4 is 10.6 Å². The number of carbonyl (C=O) groups is 2. The molecule has 3 rings (SSSR count). The van der Waals surface area contributed by atoms with Gasteiger partial charge in [-0.1, -0.05) is 35.9 Å². The lowest BCUT2D eigenvalue weighted by molar-refractivity contribution is -0.121. The molecule has 7 heteroatoms. The number of halogens is 1. The van der Waals surface area contributed by atoms with Gasteiger partial charge < -0.3 is 15.4 Å². The van der Waals surface area contributed by atoms with Crippen LogP contribution in [0, 0.1) is 0 Å². The summed E-state index contributed by atoms with van der Waals surface area (Å²) < 4.78 is 5.38. The zero-order chi connectivity index (χ0) is 20.5. The molecule has 1 saturated heterocycles. The van der Waals surface area contributed by atoms with Gasteiger partial charge in [0.05, 0.1) is 13.2 Å². The van der Waals surface area contributed by atoms with Gasteiger partial charge in [0.25, 0.3) is 5.91 Å². The monoisotopic (exact) mass is 415 g/mol. The smallest absolute Gasteiger partial charge is 0.251 e. The lowest BCUT2D eigenvalue weighted by atomic mass is 10.1. The van der Waals surface area contributed by atoms with Gasteiger partial charge in [0.2, 0.25) is 5.91 Å². The Hall–Kier alpha value is -2.41. The summed E-state index contributed by atoms with van der Waals surface area (Å²) in [6.07, 6.45) is 0.229. The Balaban J connectivity index is 1.38. The van der Waals surface area contributed by atoms with E-state index in [9.17, 15) is 9.59 Å². The van der Waals surface area contributed by atoms with Crippen LogP contribution in [0.4, 0.5) is 0 Å². The van der Waals surface area contributed by atoms with E-state index in [1.54, 1.807) is 24.3 Å². The van der Waals surface area contributed by atoms with E-state index < -0.39 is 0 Å². The number of ether oxygens (including phenoxy) is 1. The number of rotatable bonds is 8. The van der Waals surface area contributed by atoms with Gasteiger partial charge in [-0.3, -0.25) is 14.5 Å². The van der Waals surface area contributed by atoms with Gasteiger partial charge in [0.1, 0.15) is 0 Å². The number of morpholine rings is 1. The maximum atomic E-state index is 12.1. The average molecular weight is 416 g/mol. The summed E-state index contributed by atoms with van der Waals surface area (Å²) in [5, 5.41) is 6.23. The first kappa shape index (κ1) is 21.3. The molecule has 0 radical (unpaired) electrons. The molecule has 2 aromatic carbocycles. The first-order valence-electron chi connectivity index (χ1n) is 9.78. The molecule has 0 aliphatic carbocycles. The highest BCUT2D eigenvalue weighted by Crippen LogP contribution is 2.11. The van der Waals surface area contributed by atoms with Crippen molar-refractivity contribution in [2.75, 3.05) is 32.8 Å². The Morgan fingerprint density at radius 3 is 2.48 bits per heavy atom. The molecular weight excluding hydrogens is 390 g/mol. The molecule has 0 aromatic heterocycles. The Morgan fingerprint density at radius 2 is 1.72 bits per heavy atom. The van der Waals surface area contributed by atoms with Crippen LogP contribution in [0.15, 0.2) is 48.5 Å². The molecule has 0 bridgehead atoms. The number of nitrogens with zero attached hydrogens (tertiary/aromatic N) is 1. The number of benzene rings is 2. The molecular formula is C22H26ClN3O3. The van der Waals surface area contributed by atoms with Gasteiger partial charge >= 0.3 is 0 Å². The third-order valence-electron chi connectivity index (χ3n) is 4.73. The topological polar surface area (TPSA) is 70.7 Å². The summed E-state index contributed by atoms with van der Waals surface area (Å²) in [5.74, 6) is -0.315. The van der Waals surface area contributed by atoms with Gasteiger partial charge in [-0.25, -0.2) is 0 Å². The third kappa shape index (κ3) is 7.16. The van der Waals surface area contributed by atoms with Gasteiger partial charge in [-0.05, 0) is 35.4 Å². The number of hydrogen-bond acceptors (Lipinski definition) is 4. The molecule has 0 unspecified atom stereocenters. The van der Waals surface area contributed by atoms with E-state index in [4.69, 9.17) is 16.3 Å². The van der Waals surface area contributed by atoms with Crippen LogP contribution in [-0.2, 0) is 22.6 Å². The summed E-state index contributed by atoms with van der Waals surface area (Å²) in [6, 6.07) is 14.9. The first-order chi connectivity index (χ1) is 14.1. The average Bonchev–Trinajstić information content (AvgIpc) is 2.74. The van der Waals surface area contributed by atoms with Crippen molar-refractivity contribution in [1.29, 1.82) is 0 Å². The predicted molar refractivity (Wildman–Crippen MR) is 113 cm³/mol. The molecule has 1 aliphatic heterocycles. The second-order valence-corrected chi connectivity index (χ2v) is 7.43. The predicted octanol–water partition coefficient (Wildman–Crippen LogP) is 2.61. The molecule has 0 atom stereocenters. The van der Waals surface area contributed by atoms with Crippen molar-refractivity contribution in [2.45, 2.75) is 19.5 Å². The van der Waals surface area contributed by atoms with Gasteiger partial charge in [0.15, 0.2) is 0 Å². The van der Waals surface area contributed by atoms with Gasteiger partial charge in [-0.2, -0.15) is 0 Å². The van der Waals surface area contributed by atoms with Crippen molar-refractivity contribution in [3.05, 3.63) is 70.2 Å². The van der Waals surface area contributed by atoms with Crippen LogP contribution in [0.25, 0.3) is 0 Å². The van der Waals surface area contributed by atoms with E-state index in [1.165, 1.54) is 5.56 Å². The van der Waals surface area contributed by atoms with Crippen LogP contribution in [-0.4, -0.2) is 49.6 Å². The van der Waals surface area contributed by atoms with E-state index in [-0.39, 0.29) is 24.8 Å². The van der Waals surface area contributed by atoms with Gasteiger partial charge in [-0.15, -0.1) is 0 Å². The molecule has 6 nitrogen and oxygen atoms in total. The highest BCUT2D eigenvalue weighted by Gasteiger charge is 2.11. The van der Waals surface area contributed by atoms with Crippen molar-refractivity contribution >= 4 is 23.4 Å². The summed E-state index contributed by atoms with van der Waals surface area (Å²) in [5.41, 5.74) is 2.81. The number of carbonyl (C=O) groups excluding carboxylic acids is 2. The fourth-order valence-electron chi connectivity index (χ4n) is 3.14. The Morgan fingerprint density at radius 1 is 1.00 bits per heavy atom. The van der Waals surface area contributed by atoms with E-state index >= 15 is 0 Å². The molecule has 0 saturated carbocycles. The summed E-state index contributed by atoms with van der Waals surface area (Å²) in [4.78, 5) is 26.5. The molecule has 1 fully saturated rings. The Labute approximate surface area is 176 Å². The van der Waals surface area contributed by atoms with Crippen molar-refractivity contribution in [3.8, 4) is 0 Å². The highest BCUT2D eigenvalue weighted by molar-refractivity contribution is 6.30. The number of hydrogen-bond donors (Lipinski definition) is 2. The van der Waals surface area contributed by atoms with Crippen molar-refractivity contribution in [3.63, 3.8) is 0 Å². The molecule has 2 N–H and O–H groups in total. The van der Waals surface area contributed by atoms with Crippen molar-refractivity contribution in [2.24, 2.45) is 0 Å². The van der Waals surface area contributed by atoms with Crippen LogP contribution in [0.2, 0.25) is 5.02 Å². The molecule has 154 valence electrons. The fourth-order valence-corrected chi connectivity index (χ4v) is 3.26. The minimum absolute atomic E-state index is 0.0972. The molecule has 2 aromatic rings. The maximum Gasteiger partial charge on any atom is 0.251 e. The minimum Gasteiger partial charge on any atom is -0.379 e. The van der Waals surface area contributed by atoms with Crippen molar-refractivity contribution < 1.29 is 14.3 Å². The standard InChI is InChI=1S/C22H26ClN3O3/c23-20-6-4-19(5-7-20)22(28)24-9-8-21(27)25-15-17-2-1-3-18(14-17)16-26-10-12-29-13-11-26/h1-7,14H,8-13,15-16H2,(H,24,28)(H,25,27). The van der Waals surface area contributed by atoms with Crippen LogP contribution in [0.3, 0.4) is 0 Å². The SMILES string of the molecule is O=C(CCNC(=O)c1ccc(Cl)cc1)NCc1cccc(CN2CCOCC2)c1. The van der Waals surface area contributed by atoms with E-state index in [0.29, 0.717) is 17.1 Å². The summed E-state index contributed by atoms with van der Waals surface area (Å²) in [6.45, 7) is 5.10. The zero-order valence-electron chi connectivity index (χ0n) is 16.3. The Kier molecular flexibility index (Phi) is 8.04. The second kappa shape index (κ2) is 11.0. The zero-order valence-corrected chi connectivity index (χ0v) is 17.1. The molecule has 2 amide bonds. The normalized spacial score (nSPS) is 14.4. The van der Waals surface area contributed by atoms with Crippen LogP contribution in [0.1, 0.15) is 27.9 Å². The Bertz CT molecular complexity index is 820. The fraction of sp³-hybridized carbons (Fsp3) is 0.364. The van der Waals surface area contributed by atoms with E-state index in [2.05, 4.69) is 27.7 Å². The number of nitrogens with one attached hydrogen (secondary N) is 2. The quantitative estimate of drug-likeness (QED) is 0.695. The third-order valence-corrected chi connectivity index (χ3v) is 4.99. The van der Waals surface area contributed by atoms with Gasteiger partial charge in [0, 0.05) is 49.7 Å². The summed E-state index contributed by atoms with van der Waals surface area (Å²) >= 11 is 5.81. The maximum absolute atomic E-state index is 12.1. The number of amides is 2. The van der Waals surface area contributed by atoms with Crippen LogP contribution in [0.5, 0.6) is 0 Å². The first-order valence-corrected chi connectivity index (χ1v) is 10.2. The second-order valence-electron chi connectivity index (χ2n) is 7.00. The van der Waals surface area contributed by atoms with Crippen LogP contribution >= 0.6 is 11.6 Å². The molecule has 0 spiro atoms. The lowest BCUT2D eigenvalue weighted by Crippen LogP contribution is -2.35. The highest BCUT2D eigenvalue weighted by atomic mass is 35.5. The molecule has 1 aliphatic rings. The summed E-state index contributed by atoms with van der Waals surface area (Å²) in [7, 11) is 0. The van der Waals surface area contributed by atoms with E-state index in [1.807, 2.05) is 12.1 Å². The lowest BCUT2D eigenvalue weighted by Gasteiger charge is -2.26.